The Hall–Kier alpha value is -3.40. The number of amides is 2. The maximum Gasteiger partial charge on any atom is 0.242 e. The van der Waals surface area contributed by atoms with Crippen molar-refractivity contribution in [2.75, 3.05) is 6.54 Å². The molecule has 2 amide bonds. The van der Waals surface area contributed by atoms with Crippen molar-refractivity contribution in [3.05, 3.63) is 108 Å². The standard InChI is InChI=1S/C28H32N2O2/c1-21(2)27(31)30-26(20-22-12-6-3-7-13-22)28(32)29-19-18-25(23-14-8-4-9-15-23)24-16-10-5-11-17-24/h3-17,21,25-26H,18-20H2,1-2H3,(H,29,32)(H,30,31). The van der Waals surface area contributed by atoms with Crippen molar-refractivity contribution in [3.63, 3.8) is 0 Å². The summed E-state index contributed by atoms with van der Waals surface area (Å²) >= 11 is 0. The van der Waals surface area contributed by atoms with Crippen molar-refractivity contribution >= 4 is 11.8 Å². The summed E-state index contributed by atoms with van der Waals surface area (Å²) in [5, 5.41) is 5.98. The Morgan fingerprint density at radius 3 is 1.72 bits per heavy atom. The van der Waals surface area contributed by atoms with Gasteiger partial charge in [-0.15, -0.1) is 0 Å². The van der Waals surface area contributed by atoms with E-state index in [2.05, 4.69) is 34.9 Å². The highest BCUT2D eigenvalue weighted by Gasteiger charge is 2.23. The first-order chi connectivity index (χ1) is 15.5. The molecule has 0 aliphatic carbocycles. The first kappa shape index (κ1) is 23.3. The fourth-order valence-corrected chi connectivity index (χ4v) is 3.76. The van der Waals surface area contributed by atoms with Crippen LogP contribution in [-0.4, -0.2) is 24.4 Å². The van der Waals surface area contributed by atoms with Gasteiger partial charge in [-0.1, -0.05) is 105 Å². The van der Waals surface area contributed by atoms with E-state index in [1.54, 1.807) is 0 Å². The summed E-state index contributed by atoms with van der Waals surface area (Å²) in [6, 6.07) is 29.9. The van der Waals surface area contributed by atoms with Gasteiger partial charge in [-0.2, -0.15) is 0 Å². The van der Waals surface area contributed by atoms with E-state index in [0.29, 0.717) is 13.0 Å². The molecule has 0 heterocycles. The molecule has 0 aromatic heterocycles. The Kier molecular flexibility index (Phi) is 8.61. The molecule has 2 N–H and O–H groups in total. The molecule has 0 spiro atoms. The van der Waals surface area contributed by atoms with Gasteiger partial charge < -0.3 is 10.6 Å². The van der Waals surface area contributed by atoms with E-state index in [0.717, 1.165) is 12.0 Å². The van der Waals surface area contributed by atoms with Crippen molar-refractivity contribution in [3.8, 4) is 0 Å². The first-order valence-corrected chi connectivity index (χ1v) is 11.3. The van der Waals surface area contributed by atoms with Gasteiger partial charge in [-0.25, -0.2) is 0 Å². The van der Waals surface area contributed by atoms with Gasteiger partial charge in [-0.3, -0.25) is 9.59 Å². The Morgan fingerprint density at radius 1 is 0.719 bits per heavy atom. The zero-order valence-electron chi connectivity index (χ0n) is 18.8. The Labute approximate surface area is 191 Å². The summed E-state index contributed by atoms with van der Waals surface area (Å²) in [6.07, 6.45) is 1.24. The Morgan fingerprint density at radius 2 is 1.22 bits per heavy atom. The van der Waals surface area contributed by atoms with Crippen molar-refractivity contribution < 1.29 is 9.59 Å². The lowest BCUT2D eigenvalue weighted by Crippen LogP contribution is -2.49. The number of hydrogen-bond acceptors (Lipinski definition) is 2. The molecule has 0 fully saturated rings. The normalized spacial score (nSPS) is 11.9. The second-order valence-corrected chi connectivity index (χ2v) is 8.36. The fourth-order valence-electron chi connectivity index (χ4n) is 3.76. The van der Waals surface area contributed by atoms with E-state index < -0.39 is 6.04 Å². The van der Waals surface area contributed by atoms with Crippen LogP contribution in [0.4, 0.5) is 0 Å². The van der Waals surface area contributed by atoms with Crippen LogP contribution >= 0.6 is 0 Å². The van der Waals surface area contributed by atoms with Crippen LogP contribution in [0.5, 0.6) is 0 Å². The van der Waals surface area contributed by atoms with E-state index in [1.165, 1.54) is 11.1 Å². The minimum atomic E-state index is -0.598. The van der Waals surface area contributed by atoms with Crippen molar-refractivity contribution in [2.24, 2.45) is 5.92 Å². The Balaban J connectivity index is 1.67. The summed E-state index contributed by atoms with van der Waals surface area (Å²) in [5.74, 6) is -0.257. The zero-order chi connectivity index (χ0) is 22.8. The number of nitrogens with one attached hydrogen (secondary N) is 2. The second kappa shape index (κ2) is 11.8. The minimum Gasteiger partial charge on any atom is -0.354 e. The van der Waals surface area contributed by atoms with Gasteiger partial charge in [0, 0.05) is 24.8 Å². The van der Waals surface area contributed by atoms with Crippen LogP contribution in [0.1, 0.15) is 42.9 Å². The SMILES string of the molecule is CC(C)C(=O)NC(Cc1ccccc1)C(=O)NCCC(c1ccccc1)c1ccccc1. The Bertz CT molecular complexity index is 933. The lowest BCUT2D eigenvalue weighted by Gasteiger charge is -2.22. The largest absolute Gasteiger partial charge is 0.354 e. The minimum absolute atomic E-state index is 0.118. The summed E-state index contributed by atoms with van der Waals surface area (Å²) < 4.78 is 0. The molecule has 3 aromatic carbocycles. The smallest absolute Gasteiger partial charge is 0.242 e. The molecule has 0 saturated carbocycles. The van der Waals surface area contributed by atoms with Crippen LogP contribution in [0.3, 0.4) is 0 Å². The van der Waals surface area contributed by atoms with Crippen LogP contribution in [0.25, 0.3) is 0 Å². The summed E-state index contributed by atoms with van der Waals surface area (Å²) in [4.78, 5) is 25.3. The third kappa shape index (κ3) is 6.81. The molecule has 0 aliphatic heterocycles. The van der Waals surface area contributed by atoms with Crippen molar-refractivity contribution in [2.45, 2.75) is 38.6 Å². The van der Waals surface area contributed by atoms with Crippen LogP contribution in [0, 0.1) is 5.92 Å². The van der Waals surface area contributed by atoms with Crippen molar-refractivity contribution in [1.82, 2.24) is 10.6 Å². The molecule has 166 valence electrons. The molecule has 3 rings (SSSR count). The lowest BCUT2D eigenvalue weighted by atomic mass is 9.88. The third-order valence-corrected chi connectivity index (χ3v) is 5.58. The molecule has 0 saturated heterocycles. The molecule has 4 heteroatoms. The van der Waals surface area contributed by atoms with Gasteiger partial charge in [0.25, 0.3) is 0 Å². The number of hydrogen-bond donors (Lipinski definition) is 2. The maximum atomic E-state index is 13.0. The molecular weight excluding hydrogens is 396 g/mol. The monoisotopic (exact) mass is 428 g/mol. The highest BCUT2D eigenvalue weighted by Crippen LogP contribution is 2.27. The van der Waals surface area contributed by atoms with E-state index in [4.69, 9.17) is 0 Å². The molecule has 4 nitrogen and oxygen atoms in total. The number of carbonyl (C=O) groups excluding carboxylic acids is 2. The lowest BCUT2D eigenvalue weighted by molar-refractivity contribution is -0.130. The number of rotatable bonds is 10. The van der Waals surface area contributed by atoms with Crippen molar-refractivity contribution in [1.29, 1.82) is 0 Å². The molecule has 3 aromatic rings. The fraction of sp³-hybridized carbons (Fsp3) is 0.286. The average Bonchev–Trinajstić information content (AvgIpc) is 2.83. The van der Waals surface area contributed by atoms with E-state index in [9.17, 15) is 9.59 Å². The van der Waals surface area contributed by atoms with Gasteiger partial charge in [0.2, 0.25) is 11.8 Å². The van der Waals surface area contributed by atoms with Gasteiger partial charge in [-0.05, 0) is 23.1 Å². The predicted octanol–water partition coefficient (Wildman–Crippen LogP) is 4.71. The summed E-state index contributed by atoms with van der Waals surface area (Å²) in [5.41, 5.74) is 3.46. The van der Waals surface area contributed by atoms with Crippen LogP contribution < -0.4 is 10.6 Å². The zero-order valence-corrected chi connectivity index (χ0v) is 18.8. The van der Waals surface area contributed by atoms with Crippen LogP contribution in [0.15, 0.2) is 91.0 Å². The molecule has 0 bridgehead atoms. The van der Waals surface area contributed by atoms with Crippen LogP contribution in [-0.2, 0) is 16.0 Å². The summed E-state index contributed by atoms with van der Waals surface area (Å²) in [6.45, 7) is 4.18. The molecule has 1 atom stereocenters. The average molecular weight is 429 g/mol. The molecule has 0 radical (unpaired) electrons. The highest BCUT2D eigenvalue weighted by atomic mass is 16.2. The second-order valence-electron chi connectivity index (χ2n) is 8.36. The molecule has 32 heavy (non-hydrogen) atoms. The molecular formula is C28H32N2O2. The quantitative estimate of drug-likeness (QED) is 0.491. The third-order valence-electron chi connectivity index (χ3n) is 5.58. The van der Waals surface area contributed by atoms with E-state index in [-0.39, 0.29) is 23.7 Å². The predicted molar refractivity (Wildman–Crippen MR) is 129 cm³/mol. The van der Waals surface area contributed by atoms with Gasteiger partial charge >= 0.3 is 0 Å². The van der Waals surface area contributed by atoms with Gasteiger partial charge in [0.1, 0.15) is 6.04 Å². The number of benzene rings is 3. The maximum absolute atomic E-state index is 13.0. The van der Waals surface area contributed by atoms with Crippen LogP contribution in [0.2, 0.25) is 0 Å². The van der Waals surface area contributed by atoms with E-state index >= 15 is 0 Å². The summed E-state index contributed by atoms with van der Waals surface area (Å²) in [7, 11) is 0. The molecule has 1 unspecified atom stereocenters. The molecule has 0 aliphatic rings. The van der Waals surface area contributed by atoms with E-state index in [1.807, 2.05) is 80.6 Å². The van der Waals surface area contributed by atoms with Gasteiger partial charge in [0.15, 0.2) is 0 Å². The van der Waals surface area contributed by atoms with Gasteiger partial charge in [0.05, 0.1) is 0 Å². The highest BCUT2D eigenvalue weighted by molar-refractivity contribution is 5.88. The topological polar surface area (TPSA) is 58.2 Å². The number of carbonyl (C=O) groups is 2. The first-order valence-electron chi connectivity index (χ1n) is 11.3.